The van der Waals surface area contributed by atoms with Crippen LogP contribution in [0.3, 0.4) is 0 Å². The van der Waals surface area contributed by atoms with Gasteiger partial charge < -0.3 is 10.3 Å². The van der Waals surface area contributed by atoms with Crippen molar-refractivity contribution in [2.24, 2.45) is 0 Å². The number of aromatic amines is 1. The van der Waals surface area contributed by atoms with E-state index in [0.29, 0.717) is 13.0 Å². The number of aryl methyl sites for hydroxylation is 3. The van der Waals surface area contributed by atoms with Gasteiger partial charge in [-0.2, -0.15) is 5.10 Å². The molecule has 0 fully saturated rings. The van der Waals surface area contributed by atoms with Gasteiger partial charge in [-0.3, -0.25) is 9.48 Å². The van der Waals surface area contributed by atoms with E-state index in [1.54, 1.807) is 4.68 Å². The molecule has 0 radical (unpaired) electrons. The van der Waals surface area contributed by atoms with Gasteiger partial charge in [0.05, 0.1) is 16.7 Å². The summed E-state index contributed by atoms with van der Waals surface area (Å²) >= 11 is 0. The molecule has 108 valence electrons. The predicted octanol–water partition coefficient (Wildman–Crippen LogP) is 2.41. The zero-order chi connectivity index (χ0) is 14.8. The number of carbonyl (C=O) groups is 1. The minimum Gasteiger partial charge on any atom is -0.342 e. The summed E-state index contributed by atoms with van der Waals surface area (Å²) in [6, 6.07) is 7.57. The van der Waals surface area contributed by atoms with Gasteiger partial charge in [-0.25, -0.2) is 4.98 Å². The van der Waals surface area contributed by atoms with Crippen LogP contribution in [0, 0.1) is 13.8 Å². The quantitative estimate of drug-likeness (QED) is 0.772. The largest absolute Gasteiger partial charge is 0.342 e. The van der Waals surface area contributed by atoms with E-state index in [1.807, 2.05) is 44.3 Å². The molecule has 2 aromatic heterocycles. The van der Waals surface area contributed by atoms with Crippen molar-refractivity contribution in [3.05, 3.63) is 42.0 Å². The summed E-state index contributed by atoms with van der Waals surface area (Å²) in [7, 11) is 0. The number of hydrogen-bond acceptors (Lipinski definition) is 3. The molecule has 0 spiro atoms. The fraction of sp³-hybridized carbons (Fsp3) is 0.267. The van der Waals surface area contributed by atoms with Crippen molar-refractivity contribution in [1.29, 1.82) is 0 Å². The van der Waals surface area contributed by atoms with E-state index in [0.717, 1.165) is 28.2 Å². The van der Waals surface area contributed by atoms with Crippen LogP contribution in [-0.2, 0) is 11.3 Å². The Morgan fingerprint density at radius 1 is 1.33 bits per heavy atom. The number of nitrogens with one attached hydrogen (secondary N) is 2. The van der Waals surface area contributed by atoms with Crippen LogP contribution in [0.1, 0.15) is 17.9 Å². The van der Waals surface area contributed by atoms with Gasteiger partial charge in [-0.15, -0.1) is 0 Å². The number of imidazole rings is 1. The first-order chi connectivity index (χ1) is 10.1. The maximum absolute atomic E-state index is 12.0. The second kappa shape index (κ2) is 5.40. The van der Waals surface area contributed by atoms with Gasteiger partial charge in [0.1, 0.15) is 5.82 Å². The number of rotatable bonds is 4. The average Bonchev–Trinajstić information content (AvgIpc) is 3.01. The molecule has 2 heterocycles. The van der Waals surface area contributed by atoms with Gasteiger partial charge >= 0.3 is 0 Å². The molecule has 0 bridgehead atoms. The monoisotopic (exact) mass is 283 g/mol. The van der Waals surface area contributed by atoms with Crippen molar-refractivity contribution in [3.63, 3.8) is 0 Å². The Kier molecular flexibility index (Phi) is 3.43. The van der Waals surface area contributed by atoms with Gasteiger partial charge in [0.15, 0.2) is 0 Å². The normalized spacial score (nSPS) is 11.0. The number of anilines is 1. The molecule has 1 amide bonds. The molecular weight excluding hydrogens is 266 g/mol. The van der Waals surface area contributed by atoms with Crippen LogP contribution < -0.4 is 5.32 Å². The number of aromatic nitrogens is 4. The Labute approximate surface area is 122 Å². The maximum atomic E-state index is 12.0. The summed E-state index contributed by atoms with van der Waals surface area (Å²) in [5, 5.41) is 7.15. The van der Waals surface area contributed by atoms with E-state index in [4.69, 9.17) is 0 Å². The van der Waals surface area contributed by atoms with Crippen molar-refractivity contribution in [2.45, 2.75) is 26.8 Å². The van der Waals surface area contributed by atoms with Crippen LogP contribution >= 0.6 is 0 Å². The van der Waals surface area contributed by atoms with E-state index in [-0.39, 0.29) is 5.91 Å². The average molecular weight is 283 g/mol. The molecule has 3 rings (SSSR count). The molecule has 6 nitrogen and oxygen atoms in total. The minimum atomic E-state index is -0.0289. The second-order valence-corrected chi connectivity index (χ2v) is 5.07. The van der Waals surface area contributed by atoms with Crippen LogP contribution in [0.2, 0.25) is 0 Å². The zero-order valence-corrected chi connectivity index (χ0v) is 12.1. The molecule has 3 aromatic rings. The van der Waals surface area contributed by atoms with Crippen molar-refractivity contribution < 1.29 is 4.79 Å². The summed E-state index contributed by atoms with van der Waals surface area (Å²) in [6.07, 6.45) is 2.27. The maximum Gasteiger partial charge on any atom is 0.226 e. The van der Waals surface area contributed by atoms with E-state index < -0.39 is 0 Å². The Balaban J connectivity index is 1.62. The van der Waals surface area contributed by atoms with Gasteiger partial charge in [-0.1, -0.05) is 0 Å². The van der Waals surface area contributed by atoms with Crippen LogP contribution in [-0.4, -0.2) is 25.7 Å². The standard InChI is InChI=1S/C15H17N5O/c1-10-5-7-20(19-10)8-6-15(21)18-12-3-4-13-14(9-12)17-11(2)16-13/h3-5,7,9H,6,8H2,1-2H3,(H,16,17)(H,18,21). The van der Waals surface area contributed by atoms with Crippen LogP contribution in [0.15, 0.2) is 30.5 Å². The highest BCUT2D eigenvalue weighted by Gasteiger charge is 2.06. The van der Waals surface area contributed by atoms with Crippen molar-refractivity contribution >= 4 is 22.6 Å². The molecule has 0 aliphatic heterocycles. The summed E-state index contributed by atoms with van der Waals surface area (Å²) in [6.45, 7) is 4.41. The molecule has 0 aliphatic carbocycles. The van der Waals surface area contributed by atoms with Crippen molar-refractivity contribution in [3.8, 4) is 0 Å². The Hall–Kier alpha value is -2.63. The Morgan fingerprint density at radius 3 is 2.95 bits per heavy atom. The van der Waals surface area contributed by atoms with Gasteiger partial charge in [0.2, 0.25) is 5.91 Å². The lowest BCUT2D eigenvalue weighted by atomic mass is 10.2. The third-order valence-electron chi connectivity index (χ3n) is 3.23. The topological polar surface area (TPSA) is 75.6 Å². The van der Waals surface area contributed by atoms with Gasteiger partial charge in [0, 0.05) is 24.8 Å². The molecule has 6 heteroatoms. The number of hydrogen-bond donors (Lipinski definition) is 2. The molecule has 21 heavy (non-hydrogen) atoms. The second-order valence-electron chi connectivity index (χ2n) is 5.07. The van der Waals surface area contributed by atoms with Crippen LogP contribution in [0.5, 0.6) is 0 Å². The molecule has 0 atom stereocenters. The minimum absolute atomic E-state index is 0.0289. The summed E-state index contributed by atoms with van der Waals surface area (Å²) < 4.78 is 1.77. The number of fused-ring (bicyclic) bond motifs is 1. The van der Waals surface area contributed by atoms with Crippen molar-refractivity contribution in [1.82, 2.24) is 19.7 Å². The van der Waals surface area contributed by atoms with E-state index >= 15 is 0 Å². The highest BCUT2D eigenvalue weighted by Crippen LogP contribution is 2.17. The first-order valence-electron chi connectivity index (χ1n) is 6.86. The third-order valence-corrected chi connectivity index (χ3v) is 3.23. The Morgan fingerprint density at radius 2 is 2.19 bits per heavy atom. The number of H-pyrrole nitrogens is 1. The van der Waals surface area contributed by atoms with Gasteiger partial charge in [-0.05, 0) is 38.1 Å². The molecule has 0 unspecified atom stereocenters. The summed E-state index contributed by atoms with van der Waals surface area (Å²) in [5.41, 5.74) is 3.55. The Bertz CT molecular complexity index is 786. The van der Waals surface area contributed by atoms with E-state index in [2.05, 4.69) is 20.4 Å². The smallest absolute Gasteiger partial charge is 0.226 e. The molecular formula is C15H17N5O. The lowest BCUT2D eigenvalue weighted by Crippen LogP contribution is -2.14. The predicted molar refractivity (Wildman–Crippen MR) is 81.0 cm³/mol. The van der Waals surface area contributed by atoms with E-state index in [9.17, 15) is 4.79 Å². The number of nitrogens with zero attached hydrogens (tertiary/aromatic N) is 3. The summed E-state index contributed by atoms with van der Waals surface area (Å²) in [5.74, 6) is 0.835. The van der Waals surface area contributed by atoms with Crippen LogP contribution in [0.25, 0.3) is 11.0 Å². The molecule has 2 N–H and O–H groups in total. The molecule has 1 aromatic carbocycles. The highest BCUT2D eigenvalue weighted by molar-refractivity contribution is 5.92. The fourth-order valence-electron chi connectivity index (χ4n) is 2.24. The highest BCUT2D eigenvalue weighted by atomic mass is 16.1. The first-order valence-corrected chi connectivity index (χ1v) is 6.86. The zero-order valence-electron chi connectivity index (χ0n) is 12.1. The third kappa shape index (κ3) is 3.10. The molecule has 0 saturated carbocycles. The fourth-order valence-corrected chi connectivity index (χ4v) is 2.24. The van der Waals surface area contributed by atoms with E-state index in [1.165, 1.54) is 0 Å². The van der Waals surface area contributed by atoms with Gasteiger partial charge in [0.25, 0.3) is 0 Å². The SMILES string of the molecule is Cc1ccn(CCC(=O)Nc2ccc3nc(C)[nH]c3c2)n1. The number of benzene rings is 1. The number of amides is 1. The lowest BCUT2D eigenvalue weighted by Gasteiger charge is -2.05. The van der Waals surface area contributed by atoms with Crippen LogP contribution in [0.4, 0.5) is 5.69 Å². The molecule has 0 saturated heterocycles. The first kappa shape index (κ1) is 13.4. The molecule has 0 aliphatic rings. The van der Waals surface area contributed by atoms with Crippen molar-refractivity contribution in [2.75, 3.05) is 5.32 Å². The lowest BCUT2D eigenvalue weighted by molar-refractivity contribution is -0.116. The summed E-state index contributed by atoms with van der Waals surface area (Å²) in [4.78, 5) is 19.4. The number of carbonyl (C=O) groups excluding carboxylic acids is 1.